The van der Waals surface area contributed by atoms with Crippen molar-refractivity contribution >= 4 is 29.9 Å². The number of guanidine groups is 1. The van der Waals surface area contributed by atoms with Crippen LogP contribution in [0.15, 0.2) is 29.3 Å². The van der Waals surface area contributed by atoms with Crippen molar-refractivity contribution in [1.82, 2.24) is 30.3 Å². The Hall–Kier alpha value is -1.89. The number of aromatic nitrogens is 3. The molecule has 1 unspecified atom stereocenters. The number of nitrogens with zero attached hydrogens (tertiary/aromatic N) is 5. The molecule has 2 aliphatic rings. The van der Waals surface area contributed by atoms with Crippen LogP contribution in [0.3, 0.4) is 0 Å². The van der Waals surface area contributed by atoms with Crippen LogP contribution in [0.1, 0.15) is 42.0 Å². The minimum absolute atomic E-state index is 0. The van der Waals surface area contributed by atoms with E-state index in [0.29, 0.717) is 13.1 Å². The number of likely N-dealkylation sites (tertiary alicyclic amines) is 1. The van der Waals surface area contributed by atoms with Gasteiger partial charge in [0.15, 0.2) is 11.8 Å². The summed E-state index contributed by atoms with van der Waals surface area (Å²) in [6, 6.07) is 5.65. The number of aliphatic imine (C=N–C) groups is 1. The molecule has 0 bridgehead atoms. The van der Waals surface area contributed by atoms with Crippen LogP contribution in [0.4, 0.5) is 13.2 Å². The van der Waals surface area contributed by atoms with Gasteiger partial charge in [0, 0.05) is 45.7 Å². The first kappa shape index (κ1) is 24.7. The normalized spacial score (nSPS) is 19.4. The van der Waals surface area contributed by atoms with E-state index in [1.807, 2.05) is 0 Å². The summed E-state index contributed by atoms with van der Waals surface area (Å²) >= 11 is 0. The van der Waals surface area contributed by atoms with Gasteiger partial charge in [0.1, 0.15) is 5.82 Å². The summed E-state index contributed by atoms with van der Waals surface area (Å²) in [7, 11) is 1.74. The Morgan fingerprint density at radius 1 is 1.16 bits per heavy atom. The highest BCUT2D eigenvalue weighted by Crippen LogP contribution is 2.29. The average molecular weight is 563 g/mol. The molecule has 1 aromatic heterocycles. The summed E-state index contributed by atoms with van der Waals surface area (Å²) in [6.45, 7) is 3.85. The standard InChI is InChI=1S/C21H28F3N7.HI/c1-25-20(26-12-19-29-28-18-4-2-3-10-31(18)19)27-17-9-11-30(14-17)13-15-5-7-16(8-6-15)21(22,23)24;/h5-8,17H,2-4,9-14H2,1H3,(H2,25,26,27);1H. The molecular weight excluding hydrogens is 534 g/mol. The van der Waals surface area contributed by atoms with E-state index in [0.717, 1.165) is 74.2 Å². The van der Waals surface area contributed by atoms with Crippen LogP contribution < -0.4 is 10.6 Å². The van der Waals surface area contributed by atoms with Crippen molar-refractivity contribution in [3.63, 3.8) is 0 Å². The lowest BCUT2D eigenvalue weighted by molar-refractivity contribution is -0.137. The summed E-state index contributed by atoms with van der Waals surface area (Å²) in [5.74, 6) is 2.70. The second-order valence-electron chi connectivity index (χ2n) is 8.13. The largest absolute Gasteiger partial charge is 0.416 e. The third-order valence-electron chi connectivity index (χ3n) is 5.87. The van der Waals surface area contributed by atoms with E-state index in [-0.39, 0.29) is 30.0 Å². The smallest absolute Gasteiger partial charge is 0.352 e. The van der Waals surface area contributed by atoms with Gasteiger partial charge in [-0.3, -0.25) is 9.89 Å². The Morgan fingerprint density at radius 2 is 1.94 bits per heavy atom. The Kier molecular flexibility index (Phi) is 8.37. The predicted molar refractivity (Wildman–Crippen MR) is 127 cm³/mol. The third-order valence-corrected chi connectivity index (χ3v) is 5.87. The van der Waals surface area contributed by atoms with Crippen LogP contribution in [-0.4, -0.2) is 51.8 Å². The summed E-state index contributed by atoms with van der Waals surface area (Å²) in [5, 5.41) is 15.3. The summed E-state index contributed by atoms with van der Waals surface area (Å²) in [5.41, 5.74) is 0.272. The molecule has 4 rings (SSSR count). The van der Waals surface area contributed by atoms with Gasteiger partial charge in [0.2, 0.25) is 0 Å². The van der Waals surface area contributed by atoms with Gasteiger partial charge in [0.25, 0.3) is 0 Å². The van der Waals surface area contributed by atoms with Gasteiger partial charge in [0.05, 0.1) is 12.1 Å². The summed E-state index contributed by atoms with van der Waals surface area (Å²) in [6.07, 6.45) is -0.0460. The van der Waals surface area contributed by atoms with Crippen LogP contribution in [0, 0.1) is 0 Å². The molecule has 0 saturated carbocycles. The van der Waals surface area contributed by atoms with Crippen LogP contribution in [0.25, 0.3) is 0 Å². The maximum Gasteiger partial charge on any atom is 0.416 e. The third kappa shape index (κ3) is 6.12. The summed E-state index contributed by atoms with van der Waals surface area (Å²) in [4.78, 5) is 6.56. The van der Waals surface area contributed by atoms with Gasteiger partial charge in [-0.2, -0.15) is 13.2 Å². The van der Waals surface area contributed by atoms with Gasteiger partial charge < -0.3 is 15.2 Å². The van der Waals surface area contributed by atoms with Crippen molar-refractivity contribution in [3.8, 4) is 0 Å². The van der Waals surface area contributed by atoms with E-state index in [4.69, 9.17) is 0 Å². The molecule has 1 atom stereocenters. The molecule has 2 aromatic rings. The summed E-state index contributed by atoms with van der Waals surface area (Å²) < 4.78 is 40.4. The quantitative estimate of drug-likeness (QED) is 0.333. The number of halogens is 4. The Labute approximate surface area is 202 Å². The van der Waals surface area contributed by atoms with Crippen molar-refractivity contribution in [2.45, 2.75) is 57.5 Å². The number of hydrogen-bond acceptors (Lipinski definition) is 4. The van der Waals surface area contributed by atoms with E-state index in [9.17, 15) is 13.2 Å². The fraction of sp³-hybridized carbons (Fsp3) is 0.571. The number of hydrogen-bond donors (Lipinski definition) is 2. The zero-order valence-corrected chi connectivity index (χ0v) is 20.4. The Bertz CT molecular complexity index is 911. The number of alkyl halides is 3. The molecule has 1 aromatic carbocycles. The number of nitrogens with one attached hydrogen (secondary N) is 2. The second kappa shape index (κ2) is 10.8. The lowest BCUT2D eigenvalue weighted by atomic mass is 10.1. The Morgan fingerprint density at radius 3 is 2.66 bits per heavy atom. The highest BCUT2D eigenvalue weighted by molar-refractivity contribution is 14.0. The highest BCUT2D eigenvalue weighted by Gasteiger charge is 2.30. The molecule has 1 saturated heterocycles. The highest BCUT2D eigenvalue weighted by atomic mass is 127. The minimum Gasteiger partial charge on any atom is -0.352 e. The molecule has 0 radical (unpaired) electrons. The van der Waals surface area contributed by atoms with Gasteiger partial charge in [-0.05, 0) is 37.0 Å². The van der Waals surface area contributed by atoms with E-state index in [1.165, 1.54) is 6.42 Å². The van der Waals surface area contributed by atoms with Crippen molar-refractivity contribution in [3.05, 3.63) is 47.0 Å². The van der Waals surface area contributed by atoms with Gasteiger partial charge in [-0.1, -0.05) is 12.1 Å². The first-order valence-corrected chi connectivity index (χ1v) is 10.7. The zero-order valence-electron chi connectivity index (χ0n) is 18.0. The van der Waals surface area contributed by atoms with E-state index in [1.54, 1.807) is 19.2 Å². The monoisotopic (exact) mass is 563 g/mol. The number of fused-ring (bicyclic) bond motifs is 1. The average Bonchev–Trinajstić information content (AvgIpc) is 3.37. The fourth-order valence-electron chi connectivity index (χ4n) is 4.20. The lowest BCUT2D eigenvalue weighted by Gasteiger charge is -2.20. The topological polar surface area (TPSA) is 70.4 Å². The van der Waals surface area contributed by atoms with Crippen LogP contribution >= 0.6 is 24.0 Å². The fourth-order valence-corrected chi connectivity index (χ4v) is 4.20. The van der Waals surface area contributed by atoms with Crippen LogP contribution in [0.2, 0.25) is 0 Å². The molecule has 0 spiro atoms. The molecule has 1 fully saturated rings. The second-order valence-corrected chi connectivity index (χ2v) is 8.13. The number of aryl methyl sites for hydroxylation is 1. The zero-order chi connectivity index (χ0) is 21.8. The van der Waals surface area contributed by atoms with Crippen LogP contribution in [0.5, 0.6) is 0 Å². The van der Waals surface area contributed by atoms with Gasteiger partial charge in [-0.25, -0.2) is 0 Å². The maximum absolute atomic E-state index is 12.7. The molecule has 176 valence electrons. The van der Waals surface area contributed by atoms with E-state index >= 15 is 0 Å². The van der Waals surface area contributed by atoms with Gasteiger partial charge >= 0.3 is 6.18 Å². The van der Waals surface area contributed by atoms with Crippen molar-refractivity contribution in [1.29, 1.82) is 0 Å². The molecule has 7 nitrogen and oxygen atoms in total. The molecule has 0 aliphatic carbocycles. The molecular formula is C21H29F3IN7. The predicted octanol–water partition coefficient (Wildman–Crippen LogP) is 3.19. The molecule has 0 amide bonds. The molecule has 2 N–H and O–H groups in total. The number of benzene rings is 1. The van der Waals surface area contributed by atoms with E-state index < -0.39 is 11.7 Å². The van der Waals surface area contributed by atoms with Crippen LogP contribution in [-0.2, 0) is 32.2 Å². The minimum atomic E-state index is -4.30. The lowest BCUT2D eigenvalue weighted by Crippen LogP contribution is -2.44. The van der Waals surface area contributed by atoms with Crippen molar-refractivity contribution < 1.29 is 13.2 Å². The van der Waals surface area contributed by atoms with Crippen molar-refractivity contribution in [2.24, 2.45) is 4.99 Å². The maximum atomic E-state index is 12.7. The molecule has 11 heteroatoms. The van der Waals surface area contributed by atoms with Crippen molar-refractivity contribution in [2.75, 3.05) is 20.1 Å². The number of rotatable bonds is 5. The van der Waals surface area contributed by atoms with Gasteiger partial charge in [-0.15, -0.1) is 34.2 Å². The Balaban J connectivity index is 0.00000289. The molecule has 32 heavy (non-hydrogen) atoms. The molecule has 3 heterocycles. The molecule has 2 aliphatic heterocycles. The first-order valence-electron chi connectivity index (χ1n) is 10.7. The SMILES string of the molecule is CN=C(NCc1nnc2n1CCCC2)NC1CCN(Cc2ccc(C(F)(F)F)cc2)C1.I. The van der Waals surface area contributed by atoms with E-state index in [2.05, 4.69) is 35.3 Å². The first-order chi connectivity index (χ1) is 14.9.